The highest BCUT2D eigenvalue weighted by Crippen LogP contribution is 2.25. The number of rotatable bonds is 6. The quantitative estimate of drug-likeness (QED) is 0.471. The van der Waals surface area contributed by atoms with Crippen LogP contribution in [0.5, 0.6) is 5.75 Å². The number of nitrogens with one attached hydrogen (secondary N) is 2. The van der Waals surface area contributed by atoms with Crippen LogP contribution >= 0.6 is 11.8 Å². The molecule has 0 saturated heterocycles. The third-order valence-electron chi connectivity index (χ3n) is 4.63. The second kappa shape index (κ2) is 8.96. The molecule has 3 aromatic rings. The van der Waals surface area contributed by atoms with Crippen molar-refractivity contribution in [2.45, 2.75) is 31.2 Å². The average molecular weight is 410 g/mol. The molecule has 0 aliphatic rings. The van der Waals surface area contributed by atoms with E-state index in [1.54, 1.807) is 14.0 Å². The second-order valence-corrected chi connectivity index (χ2v) is 7.99. The molecule has 0 aliphatic carbocycles. The summed E-state index contributed by atoms with van der Waals surface area (Å²) in [6.45, 7) is 5.76. The van der Waals surface area contributed by atoms with Gasteiger partial charge < -0.3 is 15.0 Å². The van der Waals surface area contributed by atoms with Crippen LogP contribution in [0, 0.1) is 13.8 Å². The van der Waals surface area contributed by atoms with Crippen LogP contribution in [0.2, 0.25) is 0 Å². The molecule has 1 heterocycles. The predicted molar refractivity (Wildman–Crippen MR) is 117 cm³/mol. The summed E-state index contributed by atoms with van der Waals surface area (Å²) in [5, 5.41) is 2.91. The minimum atomic E-state index is -0.441. The van der Waals surface area contributed by atoms with E-state index >= 15 is 0 Å². The first-order valence-electron chi connectivity index (χ1n) is 9.17. The summed E-state index contributed by atoms with van der Waals surface area (Å²) in [5.74, 6) is 0.575. The maximum absolute atomic E-state index is 12.6. The number of aryl methyl sites for hydroxylation is 1. The normalized spacial score (nSPS) is 11.7. The number of hydrogen-bond acceptors (Lipinski definition) is 5. The number of carbonyl (C=O) groups excluding carboxylic acids is 1. The van der Waals surface area contributed by atoms with Crippen LogP contribution in [-0.4, -0.2) is 28.2 Å². The van der Waals surface area contributed by atoms with Crippen LogP contribution in [0.1, 0.15) is 18.1 Å². The number of methoxy groups -OCH3 is 1. The molecular formula is C22H23N3O3S. The van der Waals surface area contributed by atoms with Gasteiger partial charge in [-0.15, -0.1) is 0 Å². The van der Waals surface area contributed by atoms with Gasteiger partial charge in [0, 0.05) is 17.3 Å². The lowest BCUT2D eigenvalue weighted by Gasteiger charge is -2.14. The topological polar surface area (TPSA) is 84.1 Å². The molecule has 1 amide bonds. The number of nitrogens with zero attached hydrogens (tertiary/aromatic N) is 1. The Kier molecular flexibility index (Phi) is 6.39. The van der Waals surface area contributed by atoms with Crippen LogP contribution in [0.4, 0.5) is 5.69 Å². The predicted octanol–water partition coefficient (Wildman–Crippen LogP) is 4.18. The van der Waals surface area contributed by atoms with E-state index in [4.69, 9.17) is 4.74 Å². The van der Waals surface area contributed by atoms with Gasteiger partial charge in [-0.1, -0.05) is 23.9 Å². The Balaban J connectivity index is 1.76. The Labute approximate surface area is 173 Å². The number of amides is 1. The first-order chi connectivity index (χ1) is 13.9. The van der Waals surface area contributed by atoms with E-state index in [2.05, 4.69) is 15.3 Å². The Morgan fingerprint density at radius 2 is 1.90 bits per heavy atom. The lowest BCUT2D eigenvalue weighted by atomic mass is 10.1. The van der Waals surface area contributed by atoms with Gasteiger partial charge in [0.05, 0.1) is 18.1 Å². The fourth-order valence-electron chi connectivity index (χ4n) is 2.74. The molecule has 1 unspecified atom stereocenters. The van der Waals surface area contributed by atoms with Crippen LogP contribution in [-0.2, 0) is 4.79 Å². The Bertz CT molecular complexity index is 1080. The number of aromatic nitrogens is 2. The van der Waals surface area contributed by atoms with Crippen molar-refractivity contribution < 1.29 is 9.53 Å². The average Bonchev–Trinajstić information content (AvgIpc) is 2.71. The molecule has 2 aromatic carbocycles. The van der Waals surface area contributed by atoms with Gasteiger partial charge in [0.25, 0.3) is 5.56 Å². The Hall–Kier alpha value is -3.06. The molecule has 3 rings (SSSR count). The number of hydrogen-bond donors (Lipinski definition) is 2. The van der Waals surface area contributed by atoms with Gasteiger partial charge >= 0.3 is 0 Å². The molecular weight excluding hydrogens is 386 g/mol. The van der Waals surface area contributed by atoms with Crippen molar-refractivity contribution in [2.24, 2.45) is 0 Å². The summed E-state index contributed by atoms with van der Waals surface area (Å²) in [4.78, 5) is 31.9. The molecule has 150 valence electrons. The zero-order chi connectivity index (χ0) is 21.0. The number of aromatic amines is 1. The Morgan fingerprint density at radius 1 is 1.17 bits per heavy atom. The summed E-state index contributed by atoms with van der Waals surface area (Å²) in [7, 11) is 1.60. The zero-order valence-electron chi connectivity index (χ0n) is 16.8. The molecule has 0 fully saturated rings. The molecule has 0 aliphatic heterocycles. The summed E-state index contributed by atoms with van der Waals surface area (Å²) in [5.41, 5.74) is 4.01. The van der Waals surface area contributed by atoms with E-state index in [1.807, 2.05) is 56.3 Å². The van der Waals surface area contributed by atoms with Gasteiger partial charge in [0.2, 0.25) is 5.91 Å². The van der Waals surface area contributed by atoms with Crippen molar-refractivity contribution in [1.29, 1.82) is 0 Å². The number of H-pyrrole nitrogens is 1. The highest BCUT2D eigenvalue weighted by atomic mass is 32.2. The summed E-state index contributed by atoms with van der Waals surface area (Å²) >= 11 is 1.21. The lowest BCUT2D eigenvalue weighted by molar-refractivity contribution is -0.115. The Morgan fingerprint density at radius 3 is 2.59 bits per heavy atom. The molecule has 1 aromatic heterocycles. The number of thioether (sulfide) groups is 1. The molecule has 0 spiro atoms. The minimum absolute atomic E-state index is 0.152. The van der Waals surface area contributed by atoms with Crippen molar-refractivity contribution in [3.05, 3.63) is 70.0 Å². The fraction of sp³-hybridized carbons (Fsp3) is 0.227. The molecule has 7 heteroatoms. The van der Waals surface area contributed by atoms with E-state index in [-0.39, 0.29) is 11.5 Å². The minimum Gasteiger partial charge on any atom is -0.497 e. The summed E-state index contributed by atoms with van der Waals surface area (Å²) < 4.78 is 5.16. The first-order valence-corrected chi connectivity index (χ1v) is 10.0. The van der Waals surface area contributed by atoms with Crippen LogP contribution in [0.3, 0.4) is 0 Å². The van der Waals surface area contributed by atoms with Crippen LogP contribution in [0.25, 0.3) is 11.3 Å². The van der Waals surface area contributed by atoms with E-state index in [0.29, 0.717) is 10.9 Å². The summed E-state index contributed by atoms with van der Waals surface area (Å²) in [6, 6.07) is 14.5. The SMILES string of the molecule is COc1ccc(-c2cc(=O)[nH]c(SC(C)C(=O)Nc3cccc(C)c3C)n2)cc1. The molecule has 6 nitrogen and oxygen atoms in total. The standard InChI is InChI=1S/C22H23N3O3S/c1-13-6-5-7-18(14(13)2)23-21(27)15(3)29-22-24-19(12-20(26)25-22)16-8-10-17(28-4)11-9-16/h5-12,15H,1-4H3,(H,23,27)(H,24,25,26). The molecule has 29 heavy (non-hydrogen) atoms. The smallest absolute Gasteiger partial charge is 0.252 e. The van der Waals surface area contributed by atoms with Crippen molar-refractivity contribution in [2.75, 3.05) is 12.4 Å². The fourth-order valence-corrected chi connectivity index (χ4v) is 3.55. The molecule has 0 bridgehead atoms. The second-order valence-electron chi connectivity index (χ2n) is 6.66. The zero-order valence-corrected chi connectivity index (χ0v) is 17.6. The van der Waals surface area contributed by atoms with Crippen LogP contribution in [0.15, 0.2) is 58.5 Å². The van der Waals surface area contributed by atoms with E-state index in [1.165, 1.54) is 17.8 Å². The van der Waals surface area contributed by atoms with Gasteiger partial charge in [-0.25, -0.2) is 4.98 Å². The van der Waals surface area contributed by atoms with Crippen LogP contribution < -0.4 is 15.6 Å². The highest BCUT2D eigenvalue weighted by Gasteiger charge is 2.17. The van der Waals surface area contributed by atoms with E-state index in [0.717, 1.165) is 28.1 Å². The lowest BCUT2D eigenvalue weighted by Crippen LogP contribution is -2.23. The van der Waals surface area contributed by atoms with Gasteiger partial charge in [0.15, 0.2) is 5.16 Å². The van der Waals surface area contributed by atoms with Crippen molar-refractivity contribution in [3.8, 4) is 17.0 Å². The highest BCUT2D eigenvalue weighted by molar-refractivity contribution is 8.00. The molecule has 0 saturated carbocycles. The van der Waals surface area contributed by atoms with E-state index in [9.17, 15) is 9.59 Å². The van der Waals surface area contributed by atoms with Crippen molar-refractivity contribution >= 4 is 23.4 Å². The summed E-state index contributed by atoms with van der Waals surface area (Å²) in [6.07, 6.45) is 0. The van der Waals surface area contributed by atoms with Gasteiger partial charge in [-0.3, -0.25) is 9.59 Å². The maximum atomic E-state index is 12.6. The maximum Gasteiger partial charge on any atom is 0.252 e. The number of benzene rings is 2. The van der Waals surface area contributed by atoms with E-state index < -0.39 is 5.25 Å². The molecule has 0 radical (unpaired) electrons. The number of carbonyl (C=O) groups is 1. The van der Waals surface area contributed by atoms with Crippen molar-refractivity contribution in [3.63, 3.8) is 0 Å². The third kappa shape index (κ3) is 5.06. The van der Waals surface area contributed by atoms with Gasteiger partial charge in [0.1, 0.15) is 5.75 Å². The first kappa shape index (κ1) is 20.7. The monoisotopic (exact) mass is 409 g/mol. The number of ether oxygens (including phenoxy) is 1. The molecule has 1 atom stereocenters. The van der Waals surface area contributed by atoms with Crippen molar-refractivity contribution in [1.82, 2.24) is 9.97 Å². The largest absolute Gasteiger partial charge is 0.497 e. The third-order valence-corrected chi connectivity index (χ3v) is 5.61. The molecule has 2 N–H and O–H groups in total. The number of anilines is 1. The van der Waals surface area contributed by atoms with Gasteiger partial charge in [-0.2, -0.15) is 0 Å². The van der Waals surface area contributed by atoms with Gasteiger partial charge in [-0.05, 0) is 62.2 Å².